The molecule has 1 atom stereocenters. The van der Waals surface area contributed by atoms with Crippen LogP contribution in [0.4, 0.5) is 0 Å². The summed E-state index contributed by atoms with van der Waals surface area (Å²) in [4.78, 5) is 0. The van der Waals surface area contributed by atoms with E-state index in [2.05, 4.69) is 11.4 Å². The van der Waals surface area contributed by atoms with Crippen molar-refractivity contribution in [3.63, 3.8) is 0 Å². The van der Waals surface area contributed by atoms with Gasteiger partial charge in [0, 0.05) is 13.1 Å². The summed E-state index contributed by atoms with van der Waals surface area (Å²) in [5.41, 5.74) is 2.36. The minimum Gasteiger partial charge on any atom is -0.394 e. The van der Waals surface area contributed by atoms with Crippen molar-refractivity contribution in [2.75, 3.05) is 19.7 Å². The zero-order chi connectivity index (χ0) is 11.8. The molecule has 0 aliphatic carbocycles. The summed E-state index contributed by atoms with van der Waals surface area (Å²) < 4.78 is 0. The van der Waals surface area contributed by atoms with Crippen molar-refractivity contribution < 1.29 is 10.2 Å². The van der Waals surface area contributed by atoms with Gasteiger partial charge in [-0.2, -0.15) is 0 Å². The molecule has 0 aromatic heterocycles. The van der Waals surface area contributed by atoms with Crippen molar-refractivity contribution in [3.8, 4) is 0 Å². The number of rotatable bonds is 6. The molecule has 1 aromatic rings. The van der Waals surface area contributed by atoms with Crippen LogP contribution in [0.25, 0.3) is 6.08 Å². The summed E-state index contributed by atoms with van der Waals surface area (Å²) in [6.45, 7) is 2.96. The van der Waals surface area contributed by atoms with Gasteiger partial charge in [0.05, 0.1) is 12.7 Å². The number of benzene rings is 1. The Labute approximate surface area is 96.4 Å². The molecule has 0 spiro atoms. The SMILES string of the molecule is CC(=Cc1ccccc1)CNCC(O)CO. The first-order valence-corrected chi connectivity index (χ1v) is 5.44. The first kappa shape index (κ1) is 12.9. The van der Waals surface area contributed by atoms with Crippen LogP contribution >= 0.6 is 0 Å². The van der Waals surface area contributed by atoms with Gasteiger partial charge in [-0.15, -0.1) is 0 Å². The number of nitrogens with one attached hydrogen (secondary N) is 1. The number of aliphatic hydroxyl groups excluding tert-OH is 2. The molecule has 0 bridgehead atoms. The predicted octanol–water partition coefficient (Wildman–Crippen LogP) is 1.03. The molecule has 0 saturated carbocycles. The zero-order valence-electron chi connectivity index (χ0n) is 9.56. The van der Waals surface area contributed by atoms with Gasteiger partial charge in [0.15, 0.2) is 0 Å². The van der Waals surface area contributed by atoms with Gasteiger partial charge in [-0.25, -0.2) is 0 Å². The van der Waals surface area contributed by atoms with Crippen molar-refractivity contribution in [1.82, 2.24) is 5.32 Å². The molecular formula is C13H19NO2. The lowest BCUT2D eigenvalue weighted by molar-refractivity contribution is 0.0952. The molecule has 1 aromatic carbocycles. The molecule has 0 aliphatic heterocycles. The topological polar surface area (TPSA) is 52.5 Å². The maximum Gasteiger partial charge on any atom is 0.0895 e. The lowest BCUT2D eigenvalue weighted by Gasteiger charge is -2.08. The Bertz CT molecular complexity index is 322. The molecule has 0 heterocycles. The van der Waals surface area contributed by atoms with Crippen LogP contribution in [0.5, 0.6) is 0 Å². The van der Waals surface area contributed by atoms with Crippen molar-refractivity contribution in [2.45, 2.75) is 13.0 Å². The molecule has 0 amide bonds. The Morgan fingerprint density at radius 3 is 2.69 bits per heavy atom. The summed E-state index contributed by atoms with van der Waals surface area (Å²) in [7, 11) is 0. The standard InChI is InChI=1S/C13H19NO2/c1-11(8-14-9-13(16)10-15)7-12-5-3-2-4-6-12/h2-7,13-16H,8-10H2,1H3. The highest BCUT2D eigenvalue weighted by atomic mass is 16.3. The van der Waals surface area contributed by atoms with Gasteiger partial charge in [0.25, 0.3) is 0 Å². The largest absolute Gasteiger partial charge is 0.394 e. The van der Waals surface area contributed by atoms with E-state index in [9.17, 15) is 0 Å². The summed E-state index contributed by atoms with van der Waals surface area (Å²) in [5, 5.41) is 20.8. The van der Waals surface area contributed by atoms with E-state index in [4.69, 9.17) is 10.2 Å². The Kier molecular flexibility index (Phi) is 5.78. The van der Waals surface area contributed by atoms with Crippen LogP contribution in [0, 0.1) is 0 Å². The van der Waals surface area contributed by atoms with Gasteiger partial charge in [0.1, 0.15) is 0 Å². The third-order valence-electron chi connectivity index (χ3n) is 2.21. The van der Waals surface area contributed by atoms with Crippen molar-refractivity contribution in [1.29, 1.82) is 0 Å². The molecule has 3 N–H and O–H groups in total. The lowest BCUT2D eigenvalue weighted by Crippen LogP contribution is -2.30. The van der Waals surface area contributed by atoms with Crippen molar-refractivity contribution >= 4 is 6.08 Å². The molecule has 0 fully saturated rings. The first-order chi connectivity index (χ1) is 7.72. The molecule has 3 heteroatoms. The van der Waals surface area contributed by atoms with Gasteiger partial charge in [-0.1, -0.05) is 42.0 Å². The van der Waals surface area contributed by atoms with Gasteiger partial charge >= 0.3 is 0 Å². The molecule has 1 rings (SSSR count). The Balaban J connectivity index is 2.35. The van der Waals surface area contributed by atoms with E-state index in [1.165, 1.54) is 11.1 Å². The monoisotopic (exact) mass is 221 g/mol. The third-order valence-corrected chi connectivity index (χ3v) is 2.21. The average Bonchev–Trinajstić information content (AvgIpc) is 2.30. The summed E-state index contributed by atoms with van der Waals surface area (Å²) in [6, 6.07) is 10.1. The second-order valence-electron chi connectivity index (χ2n) is 3.87. The molecule has 16 heavy (non-hydrogen) atoms. The molecule has 1 unspecified atom stereocenters. The van der Waals surface area contributed by atoms with E-state index in [1.54, 1.807) is 0 Å². The van der Waals surface area contributed by atoms with Gasteiger partial charge in [0.2, 0.25) is 0 Å². The van der Waals surface area contributed by atoms with Gasteiger partial charge in [-0.05, 0) is 12.5 Å². The highest BCUT2D eigenvalue weighted by molar-refractivity contribution is 5.52. The Morgan fingerprint density at radius 1 is 1.38 bits per heavy atom. The molecule has 88 valence electrons. The van der Waals surface area contributed by atoms with Crippen LogP contribution in [-0.4, -0.2) is 36.0 Å². The smallest absolute Gasteiger partial charge is 0.0895 e. The third kappa shape index (κ3) is 5.07. The normalized spacial score (nSPS) is 13.8. The van der Waals surface area contributed by atoms with Crippen molar-refractivity contribution in [2.24, 2.45) is 0 Å². The second-order valence-corrected chi connectivity index (χ2v) is 3.87. The average molecular weight is 221 g/mol. The minimum atomic E-state index is -0.676. The zero-order valence-corrected chi connectivity index (χ0v) is 9.56. The van der Waals surface area contributed by atoms with E-state index < -0.39 is 6.10 Å². The van der Waals surface area contributed by atoms with E-state index in [-0.39, 0.29) is 6.61 Å². The number of aliphatic hydroxyl groups is 2. The highest BCUT2D eigenvalue weighted by Gasteiger charge is 1.99. The number of hydrogen-bond donors (Lipinski definition) is 3. The molecule has 0 saturated heterocycles. The maximum absolute atomic E-state index is 9.13. The van der Waals surface area contributed by atoms with Gasteiger partial charge < -0.3 is 15.5 Å². The van der Waals surface area contributed by atoms with E-state index in [0.29, 0.717) is 13.1 Å². The van der Waals surface area contributed by atoms with Gasteiger partial charge in [-0.3, -0.25) is 0 Å². The lowest BCUT2D eigenvalue weighted by atomic mass is 10.1. The minimum absolute atomic E-state index is 0.200. The Morgan fingerprint density at radius 2 is 2.06 bits per heavy atom. The van der Waals surface area contributed by atoms with Crippen LogP contribution in [0.15, 0.2) is 35.9 Å². The maximum atomic E-state index is 9.13. The Hall–Kier alpha value is -1.16. The molecular weight excluding hydrogens is 202 g/mol. The number of hydrogen-bond acceptors (Lipinski definition) is 3. The van der Waals surface area contributed by atoms with E-state index in [1.807, 2.05) is 37.3 Å². The van der Waals surface area contributed by atoms with Crippen LogP contribution in [0.3, 0.4) is 0 Å². The van der Waals surface area contributed by atoms with Crippen LogP contribution in [0.2, 0.25) is 0 Å². The molecule has 3 nitrogen and oxygen atoms in total. The van der Waals surface area contributed by atoms with E-state index in [0.717, 1.165) is 0 Å². The fourth-order valence-corrected chi connectivity index (χ4v) is 1.39. The fourth-order valence-electron chi connectivity index (χ4n) is 1.39. The van der Waals surface area contributed by atoms with Crippen LogP contribution < -0.4 is 5.32 Å². The molecule has 0 aliphatic rings. The second kappa shape index (κ2) is 7.17. The quantitative estimate of drug-likeness (QED) is 0.672. The van der Waals surface area contributed by atoms with Crippen molar-refractivity contribution in [3.05, 3.63) is 41.5 Å². The highest BCUT2D eigenvalue weighted by Crippen LogP contribution is 2.04. The van der Waals surface area contributed by atoms with Crippen LogP contribution in [-0.2, 0) is 0 Å². The summed E-state index contributed by atoms with van der Waals surface area (Å²) in [5.74, 6) is 0. The predicted molar refractivity (Wildman–Crippen MR) is 66.1 cm³/mol. The van der Waals surface area contributed by atoms with E-state index >= 15 is 0 Å². The van der Waals surface area contributed by atoms with Crippen LogP contribution in [0.1, 0.15) is 12.5 Å². The summed E-state index contributed by atoms with van der Waals surface area (Å²) >= 11 is 0. The summed E-state index contributed by atoms with van der Waals surface area (Å²) in [6.07, 6.45) is 1.42. The first-order valence-electron chi connectivity index (χ1n) is 5.44. The molecule has 0 radical (unpaired) electrons. The fraction of sp³-hybridized carbons (Fsp3) is 0.385.